The molecule has 1 aromatic heterocycles. The highest BCUT2D eigenvalue weighted by molar-refractivity contribution is 6.07. The molecule has 0 fully saturated rings. The zero-order chi connectivity index (χ0) is 26.4. The summed E-state index contributed by atoms with van der Waals surface area (Å²) in [6.07, 6.45) is -0.789. The summed E-state index contributed by atoms with van der Waals surface area (Å²) in [5.74, 6) is -1.47. The summed E-state index contributed by atoms with van der Waals surface area (Å²) in [4.78, 5) is 28.7. The van der Waals surface area contributed by atoms with Gasteiger partial charge in [-0.2, -0.15) is 0 Å². The van der Waals surface area contributed by atoms with Crippen molar-refractivity contribution in [2.75, 3.05) is 26.2 Å². The lowest BCUT2D eigenvalue weighted by Gasteiger charge is -2.22. The molecule has 0 aliphatic heterocycles. The monoisotopic (exact) mass is 503 g/mol. The number of hydrogen-bond donors (Lipinski definition) is 2. The number of nitrogens with zero attached hydrogens (tertiary/aromatic N) is 2. The average molecular weight is 504 g/mol. The van der Waals surface area contributed by atoms with Crippen molar-refractivity contribution in [3.8, 4) is 11.4 Å². The molecule has 0 aliphatic rings. The maximum absolute atomic E-state index is 13.7. The lowest BCUT2D eigenvalue weighted by atomic mass is 10.2. The van der Waals surface area contributed by atoms with Gasteiger partial charge in [0.15, 0.2) is 11.4 Å². The van der Waals surface area contributed by atoms with Crippen molar-refractivity contribution >= 4 is 22.8 Å². The second-order valence-corrected chi connectivity index (χ2v) is 8.61. The van der Waals surface area contributed by atoms with Crippen LogP contribution < -0.4 is 10.1 Å². The number of esters is 1. The van der Waals surface area contributed by atoms with E-state index >= 15 is 0 Å². The molecule has 4 aromatic rings. The minimum absolute atomic E-state index is 0.00630. The largest absolute Gasteiger partial charge is 0.420 e. The molecule has 1 heterocycles. The van der Waals surface area contributed by atoms with Crippen molar-refractivity contribution < 1.29 is 23.8 Å². The molecule has 0 saturated carbocycles. The van der Waals surface area contributed by atoms with Crippen LogP contribution in [0.1, 0.15) is 34.7 Å². The molecule has 4 rings (SSSR count). The number of carbonyl (C=O) groups is 2. The molecular formula is C29H30FN3O4. The first-order chi connectivity index (χ1) is 17.9. The van der Waals surface area contributed by atoms with Gasteiger partial charge < -0.3 is 24.6 Å². The Morgan fingerprint density at radius 2 is 1.62 bits per heavy atom. The Balaban J connectivity index is 1.77. The topological polar surface area (TPSA) is 83.8 Å². The lowest BCUT2D eigenvalue weighted by molar-refractivity contribution is 0.0732. The summed E-state index contributed by atoms with van der Waals surface area (Å²) in [6, 6.07) is 21.4. The van der Waals surface area contributed by atoms with Gasteiger partial charge in [-0.15, -0.1) is 0 Å². The number of hydrogen-bond acceptors (Lipinski definition) is 5. The smallest absolute Gasteiger partial charge is 0.343 e. The highest BCUT2D eigenvalue weighted by Crippen LogP contribution is 2.36. The van der Waals surface area contributed by atoms with Gasteiger partial charge in [0.25, 0.3) is 5.91 Å². The Morgan fingerprint density at radius 3 is 2.30 bits per heavy atom. The molecule has 0 saturated heterocycles. The Bertz CT molecular complexity index is 1370. The maximum atomic E-state index is 13.7. The predicted molar refractivity (Wildman–Crippen MR) is 141 cm³/mol. The van der Waals surface area contributed by atoms with E-state index in [0.717, 1.165) is 13.1 Å². The van der Waals surface area contributed by atoms with Crippen molar-refractivity contribution in [3.05, 3.63) is 95.9 Å². The third kappa shape index (κ3) is 5.87. The Labute approximate surface area is 215 Å². The molecule has 0 aliphatic carbocycles. The summed E-state index contributed by atoms with van der Waals surface area (Å²) in [7, 11) is 0. The van der Waals surface area contributed by atoms with E-state index in [-0.39, 0.29) is 18.0 Å². The standard InChI is InChI=1S/C29H30FN3O4/c1-3-32(4-2)19-23(34)18-31-28(35)26-27(37-29(36)20-10-6-5-7-11-20)24-12-8-9-13-25(24)33(26)22-16-14-21(30)15-17-22/h5-17,23,34H,3-4,18-19H2,1-2H3,(H,31,35). The zero-order valence-corrected chi connectivity index (χ0v) is 20.9. The number of amides is 1. The number of carbonyl (C=O) groups excluding carboxylic acids is 2. The first kappa shape index (κ1) is 26.1. The SMILES string of the molecule is CCN(CC)CC(O)CNC(=O)c1c(OC(=O)c2ccccc2)c2ccccc2n1-c1ccc(F)cc1. The van der Waals surface area contributed by atoms with Crippen LogP contribution in [0.5, 0.6) is 5.75 Å². The first-order valence-electron chi connectivity index (χ1n) is 12.3. The van der Waals surface area contributed by atoms with Crippen molar-refractivity contribution in [1.82, 2.24) is 14.8 Å². The number of rotatable bonds is 10. The van der Waals surface area contributed by atoms with Crippen molar-refractivity contribution in [2.24, 2.45) is 0 Å². The van der Waals surface area contributed by atoms with Crippen LogP contribution in [0.3, 0.4) is 0 Å². The Hall–Kier alpha value is -4.01. The van der Waals surface area contributed by atoms with Crippen molar-refractivity contribution in [1.29, 1.82) is 0 Å². The molecule has 0 bridgehead atoms. The number of nitrogens with one attached hydrogen (secondary N) is 1. The highest BCUT2D eigenvalue weighted by atomic mass is 19.1. The predicted octanol–water partition coefficient (Wildman–Crippen LogP) is 4.42. The van der Waals surface area contributed by atoms with Crippen LogP contribution in [0.15, 0.2) is 78.9 Å². The number of halogens is 1. The molecule has 2 N–H and O–H groups in total. The van der Waals surface area contributed by atoms with Gasteiger partial charge in [-0.05, 0) is 61.6 Å². The molecule has 1 amide bonds. The fourth-order valence-corrected chi connectivity index (χ4v) is 4.24. The van der Waals surface area contributed by atoms with Gasteiger partial charge in [0, 0.05) is 24.2 Å². The summed E-state index contributed by atoms with van der Waals surface area (Å²) in [5, 5.41) is 13.8. The third-order valence-corrected chi connectivity index (χ3v) is 6.19. The maximum Gasteiger partial charge on any atom is 0.343 e. The normalized spacial score (nSPS) is 12.0. The fourth-order valence-electron chi connectivity index (χ4n) is 4.24. The molecule has 0 radical (unpaired) electrons. The van der Waals surface area contributed by atoms with E-state index in [0.29, 0.717) is 28.7 Å². The second-order valence-electron chi connectivity index (χ2n) is 8.61. The van der Waals surface area contributed by atoms with E-state index in [1.54, 1.807) is 71.3 Å². The van der Waals surface area contributed by atoms with E-state index in [1.807, 2.05) is 13.8 Å². The molecule has 1 unspecified atom stereocenters. The molecule has 7 nitrogen and oxygen atoms in total. The van der Waals surface area contributed by atoms with Gasteiger partial charge in [-0.1, -0.05) is 44.2 Å². The number of fused-ring (bicyclic) bond motifs is 1. The molecule has 1 atom stereocenters. The molecule has 192 valence electrons. The van der Waals surface area contributed by atoms with Crippen LogP contribution in [0, 0.1) is 5.82 Å². The highest BCUT2D eigenvalue weighted by Gasteiger charge is 2.27. The quantitative estimate of drug-likeness (QED) is 0.313. The van der Waals surface area contributed by atoms with Crippen LogP contribution in [0.25, 0.3) is 16.6 Å². The number of aliphatic hydroxyl groups excluding tert-OH is 1. The number of benzene rings is 3. The van der Waals surface area contributed by atoms with E-state index in [9.17, 15) is 19.1 Å². The molecule has 8 heteroatoms. The number of para-hydroxylation sites is 1. The van der Waals surface area contributed by atoms with Gasteiger partial charge in [0.2, 0.25) is 0 Å². The summed E-state index contributed by atoms with van der Waals surface area (Å²) < 4.78 is 21.2. The minimum Gasteiger partial charge on any atom is -0.420 e. The summed E-state index contributed by atoms with van der Waals surface area (Å²) >= 11 is 0. The molecule has 3 aromatic carbocycles. The van der Waals surface area contributed by atoms with E-state index < -0.39 is 23.8 Å². The number of ether oxygens (including phenoxy) is 1. The fraction of sp³-hybridized carbons (Fsp3) is 0.241. The molecule has 37 heavy (non-hydrogen) atoms. The molecule has 0 spiro atoms. The van der Waals surface area contributed by atoms with Crippen LogP contribution in [-0.2, 0) is 0 Å². The van der Waals surface area contributed by atoms with Crippen molar-refractivity contribution in [3.63, 3.8) is 0 Å². The first-order valence-corrected chi connectivity index (χ1v) is 12.3. The van der Waals surface area contributed by atoms with E-state index in [4.69, 9.17) is 4.74 Å². The Morgan fingerprint density at radius 1 is 0.973 bits per heavy atom. The van der Waals surface area contributed by atoms with Crippen LogP contribution in [-0.4, -0.2) is 58.7 Å². The second kappa shape index (κ2) is 11.8. The number of likely N-dealkylation sites (N-methyl/N-ethyl adjacent to an activating group) is 1. The van der Waals surface area contributed by atoms with Gasteiger partial charge >= 0.3 is 5.97 Å². The molecular weight excluding hydrogens is 473 g/mol. The Kier molecular flexibility index (Phi) is 8.32. The number of aromatic nitrogens is 1. The zero-order valence-electron chi connectivity index (χ0n) is 20.9. The number of aliphatic hydroxyl groups is 1. The summed E-state index contributed by atoms with van der Waals surface area (Å²) in [6.45, 7) is 5.98. The van der Waals surface area contributed by atoms with E-state index in [1.165, 1.54) is 12.1 Å². The van der Waals surface area contributed by atoms with Gasteiger partial charge in [-0.25, -0.2) is 9.18 Å². The van der Waals surface area contributed by atoms with Crippen LogP contribution in [0.2, 0.25) is 0 Å². The average Bonchev–Trinajstić information content (AvgIpc) is 3.25. The van der Waals surface area contributed by atoms with Crippen LogP contribution in [0.4, 0.5) is 4.39 Å². The van der Waals surface area contributed by atoms with Gasteiger partial charge in [0.05, 0.1) is 17.2 Å². The third-order valence-electron chi connectivity index (χ3n) is 6.19. The minimum atomic E-state index is -0.789. The van der Waals surface area contributed by atoms with E-state index in [2.05, 4.69) is 10.2 Å². The van der Waals surface area contributed by atoms with Gasteiger partial charge in [0.1, 0.15) is 5.82 Å². The lowest BCUT2D eigenvalue weighted by Crippen LogP contribution is -2.40. The van der Waals surface area contributed by atoms with Crippen LogP contribution >= 0.6 is 0 Å². The summed E-state index contributed by atoms with van der Waals surface area (Å²) in [5.41, 5.74) is 1.54. The van der Waals surface area contributed by atoms with Gasteiger partial charge in [-0.3, -0.25) is 4.79 Å². The van der Waals surface area contributed by atoms with Crippen molar-refractivity contribution in [2.45, 2.75) is 20.0 Å².